The summed E-state index contributed by atoms with van der Waals surface area (Å²) in [4.78, 5) is 11.8. The molecule has 1 aromatic rings. The third-order valence-corrected chi connectivity index (χ3v) is 4.10. The molecule has 0 aromatic heterocycles. The average molecular weight is 276 g/mol. The summed E-state index contributed by atoms with van der Waals surface area (Å²) in [5.74, 6) is 0.216. The van der Waals surface area contributed by atoms with Gasteiger partial charge in [-0.2, -0.15) is 0 Å². The molecule has 2 rings (SSSR count). The SMILES string of the molecule is NCC1(c2ccccc2)CCN(C(N)=C[N+](=O)[O-])CC1. The molecule has 6 heteroatoms. The number of benzene rings is 1. The fourth-order valence-corrected chi connectivity index (χ4v) is 2.78. The second-order valence-corrected chi connectivity index (χ2v) is 5.18. The lowest BCUT2D eigenvalue weighted by Crippen LogP contribution is -2.47. The van der Waals surface area contributed by atoms with Crippen molar-refractivity contribution in [2.75, 3.05) is 19.6 Å². The maximum Gasteiger partial charge on any atom is 0.274 e. The molecule has 0 amide bonds. The minimum Gasteiger partial charge on any atom is -0.380 e. The van der Waals surface area contributed by atoms with Gasteiger partial charge in [-0.1, -0.05) is 30.3 Å². The zero-order chi connectivity index (χ0) is 14.6. The monoisotopic (exact) mass is 276 g/mol. The number of nitrogens with two attached hydrogens (primary N) is 2. The van der Waals surface area contributed by atoms with Crippen LogP contribution in [0.5, 0.6) is 0 Å². The average Bonchev–Trinajstić information content (AvgIpc) is 2.47. The zero-order valence-corrected chi connectivity index (χ0v) is 11.4. The molecular formula is C14H20N4O2. The first-order valence-corrected chi connectivity index (χ1v) is 6.69. The second kappa shape index (κ2) is 5.92. The zero-order valence-electron chi connectivity index (χ0n) is 11.4. The summed E-state index contributed by atoms with van der Waals surface area (Å²) in [6, 6.07) is 10.2. The van der Waals surface area contributed by atoms with Crippen molar-refractivity contribution in [1.82, 2.24) is 4.90 Å². The Balaban J connectivity index is 2.11. The standard InChI is InChI=1S/C14H20N4O2/c15-11-14(12-4-2-1-3-5-12)6-8-17(9-7-14)13(16)10-18(19)20/h1-5,10H,6-9,11,15-16H2. The van der Waals surface area contributed by atoms with E-state index < -0.39 is 4.92 Å². The lowest BCUT2D eigenvalue weighted by Gasteiger charge is -2.42. The number of rotatable bonds is 4. The van der Waals surface area contributed by atoms with Gasteiger partial charge in [-0.25, -0.2) is 0 Å². The first-order chi connectivity index (χ1) is 9.57. The lowest BCUT2D eigenvalue weighted by molar-refractivity contribution is -0.404. The van der Waals surface area contributed by atoms with E-state index in [-0.39, 0.29) is 11.2 Å². The van der Waals surface area contributed by atoms with Crippen LogP contribution >= 0.6 is 0 Å². The molecule has 4 N–H and O–H groups in total. The molecule has 0 aliphatic carbocycles. The third kappa shape index (κ3) is 2.91. The minimum atomic E-state index is -0.517. The van der Waals surface area contributed by atoms with Gasteiger partial charge < -0.3 is 16.4 Å². The summed E-state index contributed by atoms with van der Waals surface area (Å²) in [6.45, 7) is 1.94. The molecular weight excluding hydrogens is 256 g/mol. The lowest BCUT2D eigenvalue weighted by atomic mass is 9.73. The van der Waals surface area contributed by atoms with E-state index in [1.54, 1.807) is 0 Å². The Bertz CT molecular complexity index is 493. The second-order valence-electron chi connectivity index (χ2n) is 5.18. The molecule has 0 bridgehead atoms. The molecule has 6 nitrogen and oxygen atoms in total. The summed E-state index contributed by atoms with van der Waals surface area (Å²) < 4.78 is 0. The Labute approximate surface area is 118 Å². The summed E-state index contributed by atoms with van der Waals surface area (Å²) in [7, 11) is 0. The van der Waals surface area contributed by atoms with E-state index in [1.807, 2.05) is 23.1 Å². The first kappa shape index (κ1) is 14.3. The van der Waals surface area contributed by atoms with Gasteiger partial charge in [0, 0.05) is 25.0 Å². The molecule has 1 aliphatic heterocycles. The van der Waals surface area contributed by atoms with Gasteiger partial charge in [0.05, 0.1) is 4.92 Å². The van der Waals surface area contributed by atoms with Gasteiger partial charge in [-0.15, -0.1) is 0 Å². The van der Waals surface area contributed by atoms with Crippen LogP contribution in [0.25, 0.3) is 0 Å². The number of hydrogen-bond donors (Lipinski definition) is 2. The van der Waals surface area contributed by atoms with Crippen LogP contribution in [0, 0.1) is 10.1 Å². The summed E-state index contributed by atoms with van der Waals surface area (Å²) in [6.07, 6.45) is 2.55. The van der Waals surface area contributed by atoms with Crippen molar-refractivity contribution in [2.45, 2.75) is 18.3 Å². The topological polar surface area (TPSA) is 98.4 Å². The van der Waals surface area contributed by atoms with Gasteiger partial charge in [0.25, 0.3) is 6.20 Å². The normalized spacial score (nSPS) is 18.9. The van der Waals surface area contributed by atoms with Crippen molar-refractivity contribution in [3.05, 3.63) is 58.0 Å². The number of nitro groups is 1. The number of piperidine rings is 1. The van der Waals surface area contributed by atoms with E-state index in [9.17, 15) is 10.1 Å². The predicted molar refractivity (Wildman–Crippen MR) is 77.2 cm³/mol. The van der Waals surface area contributed by atoms with Crippen LogP contribution in [-0.4, -0.2) is 29.5 Å². The van der Waals surface area contributed by atoms with Gasteiger partial charge in [0.1, 0.15) is 0 Å². The Kier molecular flexibility index (Phi) is 4.24. The fraction of sp³-hybridized carbons (Fsp3) is 0.429. The number of hydrogen-bond acceptors (Lipinski definition) is 5. The van der Waals surface area contributed by atoms with Gasteiger partial charge in [0.2, 0.25) is 0 Å². The highest BCUT2D eigenvalue weighted by Gasteiger charge is 2.35. The Morgan fingerprint density at radius 3 is 2.45 bits per heavy atom. The molecule has 108 valence electrons. The van der Waals surface area contributed by atoms with Crippen molar-refractivity contribution < 1.29 is 4.92 Å². The third-order valence-electron chi connectivity index (χ3n) is 4.10. The quantitative estimate of drug-likeness (QED) is 0.631. The van der Waals surface area contributed by atoms with Crippen molar-refractivity contribution in [1.29, 1.82) is 0 Å². The summed E-state index contributed by atoms with van der Waals surface area (Å²) >= 11 is 0. The smallest absolute Gasteiger partial charge is 0.274 e. The van der Waals surface area contributed by atoms with Gasteiger partial charge in [-0.3, -0.25) is 10.1 Å². The van der Waals surface area contributed by atoms with Crippen LogP contribution in [0.2, 0.25) is 0 Å². The van der Waals surface area contributed by atoms with Crippen LogP contribution in [0.1, 0.15) is 18.4 Å². The molecule has 1 aromatic carbocycles. The van der Waals surface area contributed by atoms with Crippen LogP contribution in [-0.2, 0) is 5.41 Å². The molecule has 0 radical (unpaired) electrons. The van der Waals surface area contributed by atoms with Gasteiger partial charge in [0.15, 0.2) is 5.82 Å². The highest BCUT2D eigenvalue weighted by Crippen LogP contribution is 2.35. The predicted octanol–water partition coefficient (Wildman–Crippen LogP) is 1.01. The maximum atomic E-state index is 10.5. The Morgan fingerprint density at radius 1 is 1.35 bits per heavy atom. The minimum absolute atomic E-state index is 0.0490. The van der Waals surface area contributed by atoms with E-state index in [1.165, 1.54) is 5.56 Å². The highest BCUT2D eigenvalue weighted by molar-refractivity contribution is 5.27. The van der Waals surface area contributed by atoms with E-state index in [0.717, 1.165) is 19.0 Å². The maximum absolute atomic E-state index is 10.5. The largest absolute Gasteiger partial charge is 0.380 e. The molecule has 0 unspecified atom stereocenters. The van der Waals surface area contributed by atoms with Crippen LogP contribution < -0.4 is 11.5 Å². The molecule has 1 aliphatic rings. The summed E-state index contributed by atoms with van der Waals surface area (Å²) in [5, 5.41) is 10.5. The highest BCUT2D eigenvalue weighted by atomic mass is 16.6. The van der Waals surface area contributed by atoms with Crippen LogP contribution in [0.3, 0.4) is 0 Å². The number of nitrogens with zero attached hydrogens (tertiary/aromatic N) is 2. The van der Waals surface area contributed by atoms with E-state index in [2.05, 4.69) is 12.1 Å². The molecule has 0 saturated carbocycles. The van der Waals surface area contributed by atoms with E-state index >= 15 is 0 Å². The first-order valence-electron chi connectivity index (χ1n) is 6.69. The van der Waals surface area contributed by atoms with Crippen molar-refractivity contribution >= 4 is 0 Å². The van der Waals surface area contributed by atoms with Crippen LogP contribution in [0.15, 0.2) is 42.4 Å². The van der Waals surface area contributed by atoms with Crippen molar-refractivity contribution in [3.63, 3.8) is 0 Å². The molecule has 1 saturated heterocycles. The number of likely N-dealkylation sites (tertiary alicyclic amines) is 1. The Morgan fingerprint density at radius 2 is 1.95 bits per heavy atom. The molecule has 1 fully saturated rings. The molecule has 0 spiro atoms. The van der Waals surface area contributed by atoms with Gasteiger partial charge in [-0.05, 0) is 18.4 Å². The Hall–Kier alpha value is -2.08. The van der Waals surface area contributed by atoms with Crippen LogP contribution in [0.4, 0.5) is 0 Å². The molecule has 1 heterocycles. The van der Waals surface area contributed by atoms with Gasteiger partial charge >= 0.3 is 0 Å². The molecule has 0 atom stereocenters. The fourth-order valence-electron chi connectivity index (χ4n) is 2.78. The molecule has 20 heavy (non-hydrogen) atoms. The van der Waals surface area contributed by atoms with Crippen molar-refractivity contribution in [3.8, 4) is 0 Å². The van der Waals surface area contributed by atoms with E-state index in [4.69, 9.17) is 11.5 Å². The van der Waals surface area contributed by atoms with Crippen molar-refractivity contribution in [2.24, 2.45) is 11.5 Å². The van der Waals surface area contributed by atoms with E-state index in [0.29, 0.717) is 19.6 Å². The summed E-state index contributed by atoms with van der Waals surface area (Å²) in [5.41, 5.74) is 12.9.